The molecule has 4 N–H and O–H groups in total. The van der Waals surface area contributed by atoms with Gasteiger partial charge in [-0.15, -0.1) is 11.3 Å². The van der Waals surface area contributed by atoms with Crippen molar-refractivity contribution in [2.45, 2.75) is 37.9 Å². The number of imide groups is 2. The minimum atomic E-state index is -1.33. The quantitative estimate of drug-likeness (QED) is 0.0618. The molecule has 5 aromatic rings. The Kier molecular flexibility index (Phi) is 15.2. The molecule has 21 heteroatoms. The molecule has 2 unspecified atom stereocenters. The van der Waals surface area contributed by atoms with Gasteiger partial charge in [-0.1, -0.05) is 30.3 Å². The molecule has 0 saturated carbocycles. The number of amides is 7. The van der Waals surface area contributed by atoms with Crippen LogP contribution in [0.4, 0.5) is 20.9 Å². The van der Waals surface area contributed by atoms with E-state index in [0.29, 0.717) is 87.7 Å². The number of rotatable bonds is 20. The fourth-order valence-electron chi connectivity index (χ4n) is 9.22. The fraction of sp³-hybridized carbons (Fsp3) is 0.333. The van der Waals surface area contributed by atoms with Crippen LogP contribution in [0, 0.1) is 5.82 Å². The molecule has 4 aliphatic rings. The van der Waals surface area contributed by atoms with Crippen LogP contribution in [0.3, 0.4) is 0 Å². The number of ether oxygens (including phenoxy) is 3. The molecule has 0 bridgehead atoms. The van der Waals surface area contributed by atoms with Crippen LogP contribution in [0.25, 0.3) is 11.1 Å². The van der Waals surface area contributed by atoms with Gasteiger partial charge < -0.3 is 39.3 Å². The summed E-state index contributed by atoms with van der Waals surface area (Å²) in [6.07, 6.45) is 1.90. The van der Waals surface area contributed by atoms with E-state index < -0.39 is 53.3 Å². The predicted molar refractivity (Wildman–Crippen MR) is 261 cm³/mol. The Hall–Kier alpha value is -7.59. The summed E-state index contributed by atoms with van der Waals surface area (Å²) < 4.78 is 31.3. The van der Waals surface area contributed by atoms with Gasteiger partial charge in [0.05, 0.1) is 57.2 Å². The number of carbonyl (C=O) groups is 7. The van der Waals surface area contributed by atoms with Gasteiger partial charge >= 0.3 is 0 Å². The molecule has 7 amide bonds. The largest absolute Gasteiger partial charge is 0.508 e. The molecule has 5 heterocycles. The Bertz CT molecular complexity index is 2880. The molecule has 9 rings (SSSR count). The zero-order valence-electron chi connectivity index (χ0n) is 39.0. The lowest BCUT2D eigenvalue weighted by Gasteiger charge is -2.36. The van der Waals surface area contributed by atoms with Crippen molar-refractivity contribution in [2.24, 2.45) is 0 Å². The first-order chi connectivity index (χ1) is 34.9. The normalized spacial score (nSPS) is 17.0. The number of hydrogen-bond acceptors (Lipinski definition) is 15. The average Bonchev–Trinajstić information content (AvgIpc) is 4.09. The number of fused-ring (bicyclic) bond motifs is 2. The lowest BCUT2D eigenvalue weighted by molar-refractivity contribution is -0.136. The van der Waals surface area contributed by atoms with E-state index in [-0.39, 0.29) is 60.8 Å². The van der Waals surface area contributed by atoms with Crippen LogP contribution >= 0.6 is 11.3 Å². The number of aromatic hydroxyl groups is 1. The zero-order valence-corrected chi connectivity index (χ0v) is 39.8. The molecule has 4 aromatic carbocycles. The first-order valence-electron chi connectivity index (χ1n) is 23.5. The van der Waals surface area contributed by atoms with E-state index >= 15 is 0 Å². The van der Waals surface area contributed by atoms with Crippen LogP contribution in [-0.4, -0.2) is 145 Å². The summed E-state index contributed by atoms with van der Waals surface area (Å²) in [6.45, 7) is 4.69. The minimum absolute atomic E-state index is 0.0138. The minimum Gasteiger partial charge on any atom is -0.508 e. The van der Waals surface area contributed by atoms with Crippen LogP contribution in [0.2, 0.25) is 0 Å². The van der Waals surface area contributed by atoms with Gasteiger partial charge in [0.25, 0.3) is 23.6 Å². The number of piperidine rings is 1. The van der Waals surface area contributed by atoms with Crippen LogP contribution in [-0.2, 0) is 39.9 Å². The Morgan fingerprint density at radius 1 is 0.819 bits per heavy atom. The molecule has 2 saturated heterocycles. The molecule has 19 nitrogen and oxygen atoms in total. The highest BCUT2D eigenvalue weighted by molar-refractivity contribution is 7.13. The maximum atomic E-state index is 14.4. The number of phenols is 1. The zero-order chi connectivity index (χ0) is 50.3. The van der Waals surface area contributed by atoms with Crippen molar-refractivity contribution in [2.75, 3.05) is 87.9 Å². The van der Waals surface area contributed by atoms with Crippen molar-refractivity contribution < 1.29 is 57.3 Å². The van der Waals surface area contributed by atoms with E-state index in [9.17, 15) is 43.1 Å². The number of carbonyl (C=O) groups excluding carboxylic acids is 7. The molecule has 0 radical (unpaired) electrons. The Morgan fingerprint density at radius 3 is 2.29 bits per heavy atom. The second kappa shape index (κ2) is 22.2. The third kappa shape index (κ3) is 10.8. The first kappa shape index (κ1) is 49.4. The summed E-state index contributed by atoms with van der Waals surface area (Å²) >= 11 is 1.19. The van der Waals surface area contributed by atoms with E-state index in [0.717, 1.165) is 39.9 Å². The lowest BCUT2D eigenvalue weighted by atomic mass is 10.00. The molecule has 1 aromatic heterocycles. The number of aromatic nitrogens is 1. The van der Waals surface area contributed by atoms with E-state index in [4.69, 9.17) is 14.2 Å². The molecule has 0 aliphatic carbocycles. The third-order valence-electron chi connectivity index (χ3n) is 12.9. The van der Waals surface area contributed by atoms with E-state index in [2.05, 4.69) is 25.8 Å². The van der Waals surface area contributed by atoms with Crippen LogP contribution in [0.1, 0.15) is 67.5 Å². The average molecular weight is 1000 g/mol. The maximum Gasteiger partial charge on any atom is 0.264 e. The second-order valence-corrected chi connectivity index (χ2v) is 18.2. The van der Waals surface area contributed by atoms with Gasteiger partial charge in [-0.25, -0.2) is 9.37 Å². The van der Waals surface area contributed by atoms with Crippen molar-refractivity contribution in [3.63, 3.8) is 0 Å². The number of halogens is 1. The third-order valence-corrected chi connectivity index (χ3v) is 13.6. The van der Waals surface area contributed by atoms with Crippen molar-refractivity contribution >= 4 is 69.2 Å². The highest BCUT2D eigenvalue weighted by Gasteiger charge is 2.46. The van der Waals surface area contributed by atoms with Gasteiger partial charge in [-0.2, -0.15) is 0 Å². The van der Waals surface area contributed by atoms with Crippen LogP contribution < -0.4 is 20.9 Å². The van der Waals surface area contributed by atoms with Crippen molar-refractivity contribution in [1.82, 2.24) is 25.0 Å². The van der Waals surface area contributed by atoms with E-state index in [1.165, 1.54) is 28.5 Å². The second-order valence-electron chi connectivity index (χ2n) is 17.3. The predicted octanol–water partition coefficient (Wildman–Crippen LogP) is 4.59. The summed E-state index contributed by atoms with van der Waals surface area (Å²) in [4.78, 5) is 101. The number of benzene rings is 4. The Balaban J connectivity index is 0.655. The first-order valence-corrected chi connectivity index (χ1v) is 24.4. The topological polar surface area (TPSA) is 229 Å². The van der Waals surface area contributed by atoms with Gasteiger partial charge in [0.15, 0.2) is 5.13 Å². The Labute approximate surface area is 416 Å². The van der Waals surface area contributed by atoms with Gasteiger partial charge in [0, 0.05) is 79.8 Å². The standard InChI is InChI=1S/C51H51FN8O11S/c52-34-8-12-41(61)38(29-34)45(47(65)56-51-54-16-27-72-51)59-30-33-5-4-32(28-37(33)48(59)66)31-6-9-35(10-7-31)57-17-19-58(20-18-57)43(63)14-21-69-23-25-71-26-24-70-22-15-53-39-3-1-2-36-44(39)50(68)60(49(36)67)40-11-13-42(62)55-46(40)64/h1-10,12,16,27-29,40,45,53,61H,11,13-15,17-26,30H2,(H,54,56,65)(H,55,62,64). The van der Waals surface area contributed by atoms with Gasteiger partial charge in [0.2, 0.25) is 17.7 Å². The molecule has 2 fully saturated rings. The highest BCUT2D eigenvalue weighted by atomic mass is 32.1. The fourth-order valence-corrected chi connectivity index (χ4v) is 9.76. The van der Waals surface area contributed by atoms with Crippen LogP contribution in [0.5, 0.6) is 5.75 Å². The molecular formula is C51H51FN8O11S. The summed E-state index contributed by atoms with van der Waals surface area (Å²) in [5.41, 5.74) is 4.56. The summed E-state index contributed by atoms with van der Waals surface area (Å²) in [5, 5.41) is 20.7. The number of anilines is 3. The SMILES string of the molecule is O=C1CCC(N2C(=O)c3cccc(NCCOCCOCCOCCC(=O)N4CCN(c5ccc(-c6ccc7c(c6)C(=O)N(C(C(=O)Nc6nccs6)c6cc(F)ccc6O)C7)cc5)CC4)c3C2=O)C(=O)N1. The van der Waals surface area contributed by atoms with E-state index in [1.54, 1.807) is 23.6 Å². The number of phenolic OH excluding ortho intramolecular Hbond substituents is 1. The monoisotopic (exact) mass is 1000 g/mol. The highest BCUT2D eigenvalue weighted by Crippen LogP contribution is 2.38. The van der Waals surface area contributed by atoms with Crippen molar-refractivity contribution in [3.05, 3.63) is 124 Å². The number of nitrogens with one attached hydrogen (secondary N) is 3. The number of piperazine rings is 1. The molecular weight excluding hydrogens is 952 g/mol. The molecule has 374 valence electrons. The number of hydrogen-bond donors (Lipinski definition) is 4. The lowest BCUT2D eigenvalue weighted by Crippen LogP contribution is -2.54. The maximum absolute atomic E-state index is 14.4. The van der Waals surface area contributed by atoms with E-state index in [1.807, 2.05) is 41.3 Å². The molecule has 72 heavy (non-hydrogen) atoms. The molecule has 4 aliphatic heterocycles. The molecule has 0 spiro atoms. The van der Waals surface area contributed by atoms with Gasteiger partial charge in [-0.3, -0.25) is 49.1 Å². The summed E-state index contributed by atoms with van der Waals surface area (Å²) in [6, 6.07) is 19.3. The van der Waals surface area contributed by atoms with Crippen LogP contribution in [0.15, 0.2) is 90.4 Å². The molecule has 2 atom stereocenters. The number of nitrogens with zero attached hydrogens (tertiary/aromatic N) is 5. The van der Waals surface area contributed by atoms with Gasteiger partial charge in [-0.05, 0) is 71.6 Å². The summed E-state index contributed by atoms with van der Waals surface area (Å²) in [5.74, 6) is -4.28. The van der Waals surface area contributed by atoms with Crippen molar-refractivity contribution in [1.29, 1.82) is 0 Å². The van der Waals surface area contributed by atoms with Crippen molar-refractivity contribution in [3.8, 4) is 16.9 Å². The summed E-state index contributed by atoms with van der Waals surface area (Å²) in [7, 11) is 0. The smallest absolute Gasteiger partial charge is 0.264 e. The Morgan fingerprint density at radius 2 is 1.56 bits per heavy atom. The number of thiazole rings is 1. The van der Waals surface area contributed by atoms with Gasteiger partial charge in [0.1, 0.15) is 23.7 Å².